The smallest absolute Gasteiger partial charge is 0.126 e. The average Bonchev–Trinajstić information content (AvgIpc) is 2.18. The maximum atomic E-state index is 5.53. The van der Waals surface area contributed by atoms with Gasteiger partial charge in [-0.25, -0.2) is 0 Å². The predicted molar refractivity (Wildman–Crippen MR) is 61.4 cm³/mol. The van der Waals surface area contributed by atoms with Crippen LogP contribution in [-0.4, -0.2) is 6.61 Å². The Morgan fingerprint density at radius 1 is 1.43 bits per heavy atom. The lowest BCUT2D eigenvalue weighted by Crippen LogP contribution is -1.98. The van der Waals surface area contributed by atoms with Gasteiger partial charge >= 0.3 is 0 Å². The molecule has 1 aromatic rings. The van der Waals surface area contributed by atoms with Crippen LogP contribution in [0, 0.1) is 5.92 Å². The van der Waals surface area contributed by atoms with Gasteiger partial charge in [-0.15, -0.1) is 0 Å². The predicted octanol–water partition coefficient (Wildman–Crippen LogP) is 3.69. The van der Waals surface area contributed by atoms with E-state index in [1.807, 2.05) is 25.1 Å². The minimum Gasteiger partial charge on any atom is -0.493 e. The summed E-state index contributed by atoms with van der Waals surface area (Å²) in [7, 11) is 0. The monoisotopic (exact) mass is 189 g/mol. The highest BCUT2D eigenvalue weighted by Gasteiger charge is 2.08. The first-order valence-corrected chi connectivity index (χ1v) is 4.89. The van der Waals surface area contributed by atoms with Crippen LogP contribution in [0.1, 0.15) is 31.9 Å². The fraction of sp³-hybridized carbons (Fsp3) is 0.308. The average molecular weight is 189 g/mol. The fourth-order valence-electron chi connectivity index (χ4n) is 1.47. The van der Waals surface area contributed by atoms with Gasteiger partial charge in [-0.05, 0) is 24.5 Å². The van der Waals surface area contributed by atoms with Crippen LogP contribution in [0.4, 0.5) is 0 Å². The molecule has 0 aromatic heterocycles. The Morgan fingerprint density at radius 2 is 2.14 bits per heavy atom. The van der Waals surface area contributed by atoms with E-state index < -0.39 is 0 Å². The first-order chi connectivity index (χ1) is 6.70. The molecular weight excluding hydrogens is 172 g/mol. The second-order valence-electron chi connectivity index (χ2n) is 3.35. The first-order valence-electron chi connectivity index (χ1n) is 4.89. The van der Waals surface area contributed by atoms with Gasteiger partial charge in [0.05, 0.1) is 6.61 Å². The van der Waals surface area contributed by atoms with Gasteiger partial charge in [0.1, 0.15) is 5.75 Å². The number of hydrogen-bond acceptors (Lipinski definition) is 1. The number of rotatable bonds is 4. The zero-order valence-electron chi connectivity index (χ0n) is 9.13. The minimum atomic E-state index is 0.688. The van der Waals surface area contributed by atoms with Crippen molar-refractivity contribution in [3.63, 3.8) is 0 Å². The molecule has 0 atom stereocenters. The molecule has 1 aromatic carbocycles. The van der Waals surface area contributed by atoms with Crippen LogP contribution < -0.4 is 4.74 Å². The lowest BCUT2D eigenvalue weighted by atomic mass is 9.96. The van der Waals surface area contributed by atoms with E-state index >= 15 is 0 Å². The molecule has 14 heavy (non-hydrogen) atoms. The van der Waals surface area contributed by atoms with Crippen molar-refractivity contribution in [2.45, 2.75) is 20.8 Å². The van der Waals surface area contributed by atoms with E-state index in [4.69, 9.17) is 4.74 Å². The molecular formula is C13H17O. The summed E-state index contributed by atoms with van der Waals surface area (Å²) in [4.78, 5) is 0. The molecule has 0 amide bonds. The Labute approximate surface area is 86.4 Å². The second-order valence-corrected chi connectivity index (χ2v) is 3.35. The summed E-state index contributed by atoms with van der Waals surface area (Å²) >= 11 is 0. The molecule has 75 valence electrons. The topological polar surface area (TPSA) is 9.23 Å². The van der Waals surface area contributed by atoms with Gasteiger partial charge in [0.15, 0.2) is 0 Å². The molecule has 0 fully saturated rings. The van der Waals surface area contributed by atoms with Crippen molar-refractivity contribution in [3.05, 3.63) is 41.8 Å². The van der Waals surface area contributed by atoms with Crippen LogP contribution in [0.5, 0.6) is 5.75 Å². The lowest BCUT2D eigenvalue weighted by molar-refractivity contribution is 0.339. The summed E-state index contributed by atoms with van der Waals surface area (Å²) in [6.45, 7) is 10.7. The summed E-state index contributed by atoms with van der Waals surface area (Å²) in [6.07, 6.45) is 1.85. The van der Waals surface area contributed by atoms with Crippen LogP contribution in [0.25, 0.3) is 6.08 Å². The molecule has 0 bridgehead atoms. The zero-order chi connectivity index (χ0) is 10.6. The van der Waals surface area contributed by atoms with Crippen LogP contribution >= 0.6 is 0 Å². The number of benzene rings is 1. The summed E-state index contributed by atoms with van der Waals surface area (Å²) < 4.78 is 5.53. The van der Waals surface area contributed by atoms with Crippen LogP contribution in [0.2, 0.25) is 0 Å². The van der Waals surface area contributed by atoms with Gasteiger partial charge in [0.25, 0.3) is 0 Å². The largest absolute Gasteiger partial charge is 0.493 e. The molecule has 1 rings (SSSR count). The highest BCUT2D eigenvalue weighted by atomic mass is 16.5. The van der Waals surface area contributed by atoms with E-state index in [1.54, 1.807) is 0 Å². The van der Waals surface area contributed by atoms with Gasteiger partial charge < -0.3 is 4.74 Å². The third-order valence-corrected chi connectivity index (χ3v) is 2.11. The molecule has 0 aliphatic rings. The molecule has 0 aliphatic heterocycles. The van der Waals surface area contributed by atoms with Crippen molar-refractivity contribution >= 4 is 6.08 Å². The van der Waals surface area contributed by atoms with Crippen molar-refractivity contribution in [3.8, 4) is 5.75 Å². The van der Waals surface area contributed by atoms with Gasteiger partial charge in [-0.2, -0.15) is 0 Å². The number of hydrogen-bond donors (Lipinski definition) is 0. The quantitative estimate of drug-likeness (QED) is 0.702. The highest BCUT2D eigenvalue weighted by Crippen LogP contribution is 2.28. The zero-order valence-corrected chi connectivity index (χ0v) is 9.13. The lowest BCUT2D eigenvalue weighted by Gasteiger charge is -2.13. The minimum absolute atomic E-state index is 0.688. The molecule has 0 unspecified atom stereocenters. The van der Waals surface area contributed by atoms with Crippen molar-refractivity contribution in [2.24, 2.45) is 0 Å². The molecule has 0 saturated carbocycles. The van der Waals surface area contributed by atoms with E-state index in [2.05, 4.69) is 26.5 Å². The van der Waals surface area contributed by atoms with E-state index in [0.29, 0.717) is 6.61 Å². The van der Waals surface area contributed by atoms with Gasteiger partial charge in [-0.3, -0.25) is 0 Å². The van der Waals surface area contributed by atoms with Gasteiger partial charge in [0.2, 0.25) is 0 Å². The Bertz CT molecular complexity index is 313. The van der Waals surface area contributed by atoms with Gasteiger partial charge in [0, 0.05) is 5.56 Å². The Kier molecular flexibility index (Phi) is 3.75. The molecule has 0 spiro atoms. The summed E-state index contributed by atoms with van der Waals surface area (Å²) in [5.74, 6) is 2.20. The third kappa shape index (κ3) is 2.16. The van der Waals surface area contributed by atoms with E-state index in [9.17, 15) is 0 Å². The summed E-state index contributed by atoms with van der Waals surface area (Å²) in [6, 6.07) is 6.09. The van der Waals surface area contributed by atoms with Crippen LogP contribution in [0.15, 0.2) is 24.8 Å². The van der Waals surface area contributed by atoms with Crippen molar-refractivity contribution in [1.29, 1.82) is 0 Å². The molecule has 0 saturated heterocycles. The molecule has 0 N–H and O–H groups in total. The van der Waals surface area contributed by atoms with Crippen LogP contribution in [-0.2, 0) is 0 Å². The highest BCUT2D eigenvalue weighted by molar-refractivity contribution is 5.62. The number of ether oxygens (including phenoxy) is 1. The Morgan fingerprint density at radius 3 is 2.64 bits per heavy atom. The molecule has 1 radical (unpaired) electrons. The SMILES string of the molecule is C=Cc1c(OCC)cccc1[C](C)C. The van der Waals surface area contributed by atoms with Crippen molar-refractivity contribution in [1.82, 2.24) is 0 Å². The first kappa shape index (κ1) is 10.8. The van der Waals surface area contributed by atoms with E-state index in [0.717, 1.165) is 11.3 Å². The summed E-state index contributed by atoms with van der Waals surface area (Å²) in [5, 5.41) is 0. The van der Waals surface area contributed by atoms with E-state index in [-0.39, 0.29) is 0 Å². The normalized spacial score (nSPS) is 10.3. The fourth-order valence-corrected chi connectivity index (χ4v) is 1.47. The standard InChI is InChI=1S/C13H17O/c1-5-11-12(10(3)4)8-7-9-13(11)14-6-2/h5,7-9H,1,6H2,2-4H3. The second kappa shape index (κ2) is 4.85. The van der Waals surface area contributed by atoms with E-state index in [1.165, 1.54) is 11.5 Å². The molecule has 0 aliphatic carbocycles. The maximum absolute atomic E-state index is 5.53. The molecule has 1 nitrogen and oxygen atoms in total. The Hall–Kier alpha value is -1.24. The molecule has 1 heteroatoms. The Balaban J connectivity index is 3.17. The molecule has 0 heterocycles. The van der Waals surface area contributed by atoms with Crippen LogP contribution in [0.3, 0.4) is 0 Å². The van der Waals surface area contributed by atoms with Crippen molar-refractivity contribution < 1.29 is 4.74 Å². The maximum Gasteiger partial charge on any atom is 0.126 e. The summed E-state index contributed by atoms with van der Waals surface area (Å²) in [5.41, 5.74) is 2.31. The third-order valence-electron chi connectivity index (χ3n) is 2.11. The van der Waals surface area contributed by atoms with Gasteiger partial charge in [-0.1, -0.05) is 38.6 Å². The van der Waals surface area contributed by atoms with Crippen molar-refractivity contribution in [2.75, 3.05) is 6.61 Å².